The molecular weight excluding hydrogens is 329 g/mol. The molecule has 2 heterocycles. The molecule has 26 heavy (non-hydrogen) atoms. The maximum Gasteiger partial charge on any atom is 0.189 e. The van der Waals surface area contributed by atoms with Crippen LogP contribution < -0.4 is 15.6 Å². The zero-order valence-electron chi connectivity index (χ0n) is 14.5. The highest BCUT2D eigenvalue weighted by Gasteiger charge is 2.22. The van der Waals surface area contributed by atoms with E-state index < -0.39 is 5.82 Å². The molecule has 5 heteroatoms. The Hall–Kier alpha value is -2.66. The number of hydrogen-bond donors (Lipinski definition) is 2. The molecule has 0 radical (unpaired) electrons. The van der Waals surface area contributed by atoms with Gasteiger partial charge in [0.25, 0.3) is 0 Å². The molecule has 1 fully saturated rings. The van der Waals surface area contributed by atoms with Crippen LogP contribution in [0.3, 0.4) is 0 Å². The summed E-state index contributed by atoms with van der Waals surface area (Å²) in [5.41, 5.74) is 2.12. The molecule has 0 saturated carbocycles. The summed E-state index contributed by atoms with van der Waals surface area (Å²) in [6.07, 6.45) is 1.14. The fourth-order valence-electron chi connectivity index (χ4n) is 3.67. The van der Waals surface area contributed by atoms with Crippen molar-refractivity contribution in [1.29, 1.82) is 0 Å². The summed E-state index contributed by atoms with van der Waals surface area (Å²) in [5.74, 6) is 0.176. The van der Waals surface area contributed by atoms with Crippen molar-refractivity contribution in [2.24, 2.45) is 5.92 Å². The monoisotopic (exact) mass is 351 g/mol. The number of halogens is 1. The van der Waals surface area contributed by atoms with Gasteiger partial charge in [0.05, 0.1) is 5.52 Å². The van der Waals surface area contributed by atoms with Gasteiger partial charge in [-0.15, -0.1) is 0 Å². The van der Waals surface area contributed by atoms with Crippen LogP contribution in [0.5, 0.6) is 0 Å². The van der Waals surface area contributed by atoms with Gasteiger partial charge in [0, 0.05) is 49.0 Å². The normalized spacial score (nSPS) is 17.1. The average Bonchev–Trinajstić information content (AvgIpc) is 3.12. The predicted octanol–water partition coefficient (Wildman–Crippen LogP) is 3.28. The van der Waals surface area contributed by atoms with E-state index >= 15 is 0 Å². The molecule has 1 saturated heterocycles. The third-order valence-electron chi connectivity index (χ3n) is 5.03. The van der Waals surface area contributed by atoms with Crippen LogP contribution in [0.25, 0.3) is 10.9 Å². The van der Waals surface area contributed by atoms with Crippen molar-refractivity contribution in [3.63, 3.8) is 0 Å². The van der Waals surface area contributed by atoms with Crippen LogP contribution in [0, 0.1) is 11.7 Å². The molecule has 0 unspecified atom stereocenters. The second-order valence-electron chi connectivity index (χ2n) is 6.89. The molecular formula is C21H22FN3O. The molecule has 1 aliphatic heterocycles. The average molecular weight is 351 g/mol. The van der Waals surface area contributed by atoms with Crippen molar-refractivity contribution in [3.05, 3.63) is 76.3 Å². The van der Waals surface area contributed by atoms with E-state index in [0.717, 1.165) is 26.1 Å². The molecule has 0 amide bonds. The van der Waals surface area contributed by atoms with E-state index in [1.165, 1.54) is 11.8 Å². The summed E-state index contributed by atoms with van der Waals surface area (Å²) in [4.78, 5) is 17.6. The lowest BCUT2D eigenvalue weighted by molar-refractivity contribution is 0.514. The molecule has 2 N–H and O–H groups in total. The number of fused-ring (bicyclic) bond motifs is 1. The van der Waals surface area contributed by atoms with Crippen molar-refractivity contribution in [2.75, 3.05) is 24.5 Å². The van der Waals surface area contributed by atoms with Crippen LogP contribution >= 0.6 is 0 Å². The summed E-state index contributed by atoms with van der Waals surface area (Å²) in [6.45, 7) is 3.50. The number of anilines is 1. The number of pyridine rings is 1. The predicted molar refractivity (Wildman–Crippen MR) is 103 cm³/mol. The number of para-hydroxylation sites is 2. The number of hydrogen-bond acceptors (Lipinski definition) is 3. The van der Waals surface area contributed by atoms with E-state index in [1.54, 1.807) is 18.2 Å². The fraction of sp³-hybridized carbons (Fsp3) is 0.286. The van der Waals surface area contributed by atoms with Gasteiger partial charge in [-0.1, -0.05) is 24.3 Å². The van der Waals surface area contributed by atoms with Crippen molar-refractivity contribution < 1.29 is 4.39 Å². The van der Waals surface area contributed by atoms with Crippen LogP contribution in [-0.2, 0) is 6.54 Å². The van der Waals surface area contributed by atoms with Gasteiger partial charge in [0.1, 0.15) is 5.82 Å². The number of nitrogens with zero attached hydrogens (tertiary/aromatic N) is 1. The highest BCUT2D eigenvalue weighted by atomic mass is 19.1. The van der Waals surface area contributed by atoms with Crippen LogP contribution in [0.4, 0.5) is 10.1 Å². The SMILES string of the molecule is O=c1cc(CNC[C@@H]2CCN(c3ccccc3)C2)[nH]c2c(F)cccc12. The molecule has 4 rings (SSSR count). The maximum atomic E-state index is 13.9. The lowest BCUT2D eigenvalue weighted by atomic mass is 10.1. The Morgan fingerprint density at radius 2 is 2.00 bits per heavy atom. The Morgan fingerprint density at radius 3 is 2.85 bits per heavy atom. The minimum absolute atomic E-state index is 0.147. The van der Waals surface area contributed by atoms with E-state index in [2.05, 4.69) is 39.5 Å². The zero-order chi connectivity index (χ0) is 17.9. The molecule has 3 aromatic rings. The highest BCUT2D eigenvalue weighted by Crippen LogP contribution is 2.23. The topological polar surface area (TPSA) is 48.1 Å². The Balaban J connectivity index is 1.36. The molecule has 134 valence electrons. The standard InChI is InChI=1S/C21H22FN3O/c22-19-8-4-7-18-20(26)11-16(24-21(18)19)13-23-12-15-9-10-25(14-15)17-5-2-1-3-6-17/h1-8,11,15,23H,9-10,12-14H2,(H,24,26)/t15-/m0/s1. The van der Waals surface area contributed by atoms with E-state index in [1.807, 2.05) is 6.07 Å². The number of aromatic nitrogens is 1. The summed E-state index contributed by atoms with van der Waals surface area (Å²) in [5, 5.41) is 3.80. The maximum absolute atomic E-state index is 13.9. The Labute approximate surface area is 151 Å². The molecule has 1 aromatic heterocycles. The number of nitrogens with one attached hydrogen (secondary N) is 2. The molecule has 0 bridgehead atoms. The van der Waals surface area contributed by atoms with E-state index in [9.17, 15) is 9.18 Å². The number of benzene rings is 2. The molecule has 0 spiro atoms. The zero-order valence-corrected chi connectivity index (χ0v) is 14.5. The summed E-state index contributed by atoms with van der Waals surface area (Å²) in [7, 11) is 0. The lowest BCUT2D eigenvalue weighted by Crippen LogP contribution is -2.26. The Morgan fingerprint density at radius 1 is 1.15 bits per heavy atom. The minimum atomic E-state index is -0.393. The fourth-order valence-corrected chi connectivity index (χ4v) is 3.67. The number of rotatable bonds is 5. The van der Waals surface area contributed by atoms with E-state index in [-0.39, 0.29) is 10.9 Å². The second kappa shape index (κ2) is 7.30. The van der Waals surface area contributed by atoms with E-state index in [0.29, 0.717) is 23.5 Å². The minimum Gasteiger partial charge on any atom is -0.371 e. The molecule has 1 atom stereocenters. The smallest absolute Gasteiger partial charge is 0.189 e. The second-order valence-corrected chi connectivity index (χ2v) is 6.89. The molecule has 2 aromatic carbocycles. The highest BCUT2D eigenvalue weighted by molar-refractivity contribution is 5.78. The van der Waals surface area contributed by atoms with Crippen LogP contribution in [-0.4, -0.2) is 24.6 Å². The summed E-state index contributed by atoms with van der Waals surface area (Å²) < 4.78 is 13.9. The van der Waals surface area contributed by atoms with Gasteiger partial charge < -0.3 is 15.2 Å². The Kier molecular flexibility index (Phi) is 4.71. The molecule has 4 nitrogen and oxygen atoms in total. The molecule has 0 aliphatic carbocycles. The van der Waals surface area contributed by atoms with Gasteiger partial charge in [0.15, 0.2) is 5.43 Å². The first kappa shape index (κ1) is 16.8. The van der Waals surface area contributed by atoms with Gasteiger partial charge in [-0.05, 0) is 36.6 Å². The Bertz CT molecular complexity index is 954. The van der Waals surface area contributed by atoms with Gasteiger partial charge in [-0.3, -0.25) is 4.79 Å². The van der Waals surface area contributed by atoms with Crippen LogP contribution in [0.1, 0.15) is 12.1 Å². The van der Waals surface area contributed by atoms with Crippen molar-refractivity contribution in [3.8, 4) is 0 Å². The quantitative estimate of drug-likeness (QED) is 0.742. The first-order chi connectivity index (χ1) is 12.7. The van der Waals surface area contributed by atoms with Gasteiger partial charge >= 0.3 is 0 Å². The van der Waals surface area contributed by atoms with Gasteiger partial charge in [0.2, 0.25) is 0 Å². The molecule has 1 aliphatic rings. The largest absolute Gasteiger partial charge is 0.371 e. The van der Waals surface area contributed by atoms with Crippen LogP contribution in [0.15, 0.2) is 59.4 Å². The van der Waals surface area contributed by atoms with Crippen LogP contribution in [0.2, 0.25) is 0 Å². The first-order valence-corrected chi connectivity index (χ1v) is 9.02. The van der Waals surface area contributed by atoms with Crippen molar-refractivity contribution >= 4 is 16.6 Å². The van der Waals surface area contributed by atoms with Gasteiger partial charge in [-0.25, -0.2) is 4.39 Å². The third-order valence-corrected chi connectivity index (χ3v) is 5.03. The summed E-state index contributed by atoms with van der Waals surface area (Å²) in [6, 6.07) is 16.6. The van der Waals surface area contributed by atoms with Gasteiger partial charge in [-0.2, -0.15) is 0 Å². The first-order valence-electron chi connectivity index (χ1n) is 9.02. The third kappa shape index (κ3) is 3.48. The van der Waals surface area contributed by atoms with Crippen molar-refractivity contribution in [2.45, 2.75) is 13.0 Å². The van der Waals surface area contributed by atoms with Crippen molar-refractivity contribution in [1.82, 2.24) is 10.3 Å². The summed E-state index contributed by atoms with van der Waals surface area (Å²) >= 11 is 0. The number of aromatic amines is 1. The number of H-pyrrole nitrogens is 1. The lowest BCUT2D eigenvalue weighted by Gasteiger charge is -2.18. The van der Waals surface area contributed by atoms with E-state index in [4.69, 9.17) is 0 Å².